The zero-order chi connectivity index (χ0) is 13.3. The highest BCUT2D eigenvalue weighted by atomic mass is 16.3. The van der Waals surface area contributed by atoms with Gasteiger partial charge in [-0.2, -0.15) is 0 Å². The molecule has 0 bridgehead atoms. The van der Waals surface area contributed by atoms with E-state index in [4.69, 9.17) is 5.73 Å². The van der Waals surface area contributed by atoms with E-state index in [0.29, 0.717) is 11.4 Å². The molecule has 1 unspecified atom stereocenters. The van der Waals surface area contributed by atoms with Gasteiger partial charge in [0.25, 0.3) is 0 Å². The summed E-state index contributed by atoms with van der Waals surface area (Å²) in [6, 6.07) is 7.78. The lowest BCUT2D eigenvalue weighted by molar-refractivity contribution is 0.220. The van der Waals surface area contributed by atoms with Gasteiger partial charge in [0.2, 0.25) is 0 Å². The molecule has 3 heteroatoms. The summed E-state index contributed by atoms with van der Waals surface area (Å²) in [4.78, 5) is 4.10. The summed E-state index contributed by atoms with van der Waals surface area (Å²) in [6.07, 6.45) is 0.978. The van der Waals surface area contributed by atoms with Gasteiger partial charge in [0, 0.05) is 11.8 Å². The number of nitrogens with two attached hydrogens (primary N) is 1. The van der Waals surface area contributed by atoms with Crippen LogP contribution in [-0.4, -0.2) is 10.1 Å². The Labute approximate surface area is 107 Å². The minimum atomic E-state index is -0.725. The predicted molar refractivity (Wildman–Crippen MR) is 73.4 cm³/mol. The lowest BCUT2D eigenvalue weighted by Crippen LogP contribution is -2.08. The normalized spacial score (nSPS) is 12.4. The summed E-state index contributed by atoms with van der Waals surface area (Å²) in [7, 11) is 0. The molecule has 0 saturated carbocycles. The number of nitrogen functional groups attached to an aromatic ring is 1. The lowest BCUT2D eigenvalue weighted by Gasteiger charge is -2.17. The van der Waals surface area contributed by atoms with E-state index in [9.17, 15) is 5.11 Å². The third-order valence-electron chi connectivity index (χ3n) is 3.32. The largest absolute Gasteiger partial charge is 0.384 e. The summed E-state index contributed by atoms with van der Waals surface area (Å²) >= 11 is 0. The third kappa shape index (κ3) is 2.22. The maximum Gasteiger partial charge on any atom is 0.129 e. The van der Waals surface area contributed by atoms with Gasteiger partial charge < -0.3 is 10.8 Å². The second kappa shape index (κ2) is 4.78. The zero-order valence-corrected chi connectivity index (χ0v) is 10.9. The van der Waals surface area contributed by atoms with E-state index >= 15 is 0 Å². The summed E-state index contributed by atoms with van der Waals surface area (Å²) in [5, 5.41) is 10.5. The molecule has 18 heavy (non-hydrogen) atoms. The van der Waals surface area contributed by atoms with Crippen LogP contribution in [0, 0.1) is 20.8 Å². The van der Waals surface area contributed by atoms with Crippen LogP contribution in [0.1, 0.15) is 33.9 Å². The molecule has 2 aromatic rings. The van der Waals surface area contributed by atoms with Crippen molar-refractivity contribution in [3.05, 3.63) is 58.3 Å². The van der Waals surface area contributed by atoms with E-state index in [1.54, 1.807) is 6.20 Å². The average Bonchev–Trinajstić information content (AvgIpc) is 2.35. The van der Waals surface area contributed by atoms with Crippen molar-refractivity contribution in [2.75, 3.05) is 5.73 Å². The first-order valence-corrected chi connectivity index (χ1v) is 5.97. The van der Waals surface area contributed by atoms with Crippen LogP contribution in [0.2, 0.25) is 0 Å². The summed E-state index contributed by atoms with van der Waals surface area (Å²) < 4.78 is 0. The fourth-order valence-corrected chi connectivity index (χ4v) is 2.06. The number of pyridine rings is 1. The first-order valence-electron chi connectivity index (χ1n) is 5.97. The van der Waals surface area contributed by atoms with Crippen LogP contribution in [0.4, 0.5) is 5.82 Å². The fourth-order valence-electron chi connectivity index (χ4n) is 2.06. The number of benzene rings is 1. The van der Waals surface area contributed by atoms with Gasteiger partial charge in [-0.25, -0.2) is 4.98 Å². The molecule has 2 rings (SSSR count). The Bertz CT molecular complexity index is 577. The standard InChI is InChI=1S/C15H18N2O/c1-9-7-13(15(16)17-8-9)14(18)12-6-4-5-10(2)11(12)3/h4-8,14,18H,1-3H3,(H2,16,17). The molecule has 94 valence electrons. The molecule has 0 aliphatic heterocycles. The molecule has 0 fully saturated rings. The topological polar surface area (TPSA) is 59.1 Å². The number of aliphatic hydroxyl groups is 1. The number of aliphatic hydroxyl groups excluding tert-OH is 1. The number of anilines is 1. The van der Waals surface area contributed by atoms with Crippen LogP contribution in [0.15, 0.2) is 30.5 Å². The van der Waals surface area contributed by atoms with Crippen molar-refractivity contribution in [3.63, 3.8) is 0 Å². The highest BCUT2D eigenvalue weighted by Crippen LogP contribution is 2.29. The fraction of sp³-hybridized carbons (Fsp3) is 0.267. The predicted octanol–water partition coefficient (Wildman–Crippen LogP) is 2.67. The maximum absolute atomic E-state index is 10.5. The van der Waals surface area contributed by atoms with Gasteiger partial charge in [0.15, 0.2) is 0 Å². The smallest absolute Gasteiger partial charge is 0.129 e. The monoisotopic (exact) mass is 242 g/mol. The molecule has 0 aliphatic carbocycles. The Morgan fingerprint density at radius 2 is 1.89 bits per heavy atom. The molecule has 0 amide bonds. The molecule has 0 spiro atoms. The number of hydrogen-bond donors (Lipinski definition) is 2. The minimum absolute atomic E-state index is 0.383. The molecule has 1 heterocycles. The van der Waals surface area contributed by atoms with Gasteiger partial charge in [0.05, 0.1) is 0 Å². The number of aromatic nitrogens is 1. The number of aryl methyl sites for hydroxylation is 2. The van der Waals surface area contributed by atoms with Gasteiger partial charge in [-0.1, -0.05) is 18.2 Å². The molecular formula is C15H18N2O. The Balaban J connectivity index is 2.51. The molecule has 3 N–H and O–H groups in total. The molecule has 3 nitrogen and oxygen atoms in total. The molecule has 0 aliphatic rings. The summed E-state index contributed by atoms with van der Waals surface area (Å²) in [5.41, 5.74) is 10.6. The lowest BCUT2D eigenvalue weighted by atomic mass is 9.94. The Hall–Kier alpha value is -1.87. The van der Waals surface area contributed by atoms with Crippen molar-refractivity contribution in [1.29, 1.82) is 0 Å². The van der Waals surface area contributed by atoms with E-state index in [-0.39, 0.29) is 0 Å². The summed E-state index contributed by atoms with van der Waals surface area (Å²) in [6.45, 7) is 5.97. The quantitative estimate of drug-likeness (QED) is 0.851. The molecular weight excluding hydrogens is 224 g/mol. The molecule has 0 saturated heterocycles. The third-order valence-corrected chi connectivity index (χ3v) is 3.32. The van der Waals surface area contributed by atoms with Gasteiger partial charge in [-0.3, -0.25) is 0 Å². The summed E-state index contributed by atoms with van der Waals surface area (Å²) in [5.74, 6) is 0.383. The van der Waals surface area contributed by atoms with Crippen molar-refractivity contribution in [2.24, 2.45) is 0 Å². The van der Waals surface area contributed by atoms with Crippen LogP contribution in [0.25, 0.3) is 0 Å². The van der Waals surface area contributed by atoms with E-state index in [1.165, 1.54) is 0 Å². The first kappa shape index (κ1) is 12.6. The second-order valence-electron chi connectivity index (χ2n) is 4.68. The number of rotatable bonds is 2. The van der Waals surface area contributed by atoms with Crippen molar-refractivity contribution in [3.8, 4) is 0 Å². The maximum atomic E-state index is 10.5. The van der Waals surface area contributed by atoms with E-state index < -0.39 is 6.10 Å². The average molecular weight is 242 g/mol. The molecule has 1 aromatic carbocycles. The van der Waals surface area contributed by atoms with Gasteiger partial charge >= 0.3 is 0 Å². The van der Waals surface area contributed by atoms with Gasteiger partial charge in [-0.05, 0) is 49.1 Å². The minimum Gasteiger partial charge on any atom is -0.384 e. The van der Waals surface area contributed by atoms with E-state index in [1.807, 2.05) is 45.0 Å². The Morgan fingerprint density at radius 1 is 1.17 bits per heavy atom. The second-order valence-corrected chi connectivity index (χ2v) is 4.68. The first-order chi connectivity index (χ1) is 8.50. The van der Waals surface area contributed by atoms with Crippen LogP contribution in [-0.2, 0) is 0 Å². The van der Waals surface area contributed by atoms with Crippen LogP contribution < -0.4 is 5.73 Å². The zero-order valence-electron chi connectivity index (χ0n) is 10.9. The highest BCUT2D eigenvalue weighted by Gasteiger charge is 2.17. The Morgan fingerprint density at radius 3 is 2.61 bits per heavy atom. The van der Waals surface area contributed by atoms with Crippen molar-refractivity contribution in [1.82, 2.24) is 4.98 Å². The number of hydrogen-bond acceptors (Lipinski definition) is 3. The van der Waals surface area contributed by atoms with Crippen molar-refractivity contribution < 1.29 is 5.11 Å². The highest BCUT2D eigenvalue weighted by molar-refractivity contribution is 5.48. The van der Waals surface area contributed by atoms with Gasteiger partial charge in [-0.15, -0.1) is 0 Å². The number of nitrogens with zero attached hydrogens (tertiary/aromatic N) is 1. The van der Waals surface area contributed by atoms with Crippen LogP contribution in [0.5, 0.6) is 0 Å². The van der Waals surface area contributed by atoms with E-state index in [0.717, 1.165) is 22.3 Å². The van der Waals surface area contributed by atoms with Crippen LogP contribution in [0.3, 0.4) is 0 Å². The van der Waals surface area contributed by atoms with Crippen LogP contribution >= 0.6 is 0 Å². The Kier molecular flexibility index (Phi) is 3.34. The molecule has 1 atom stereocenters. The molecule has 0 radical (unpaired) electrons. The molecule has 1 aromatic heterocycles. The van der Waals surface area contributed by atoms with Gasteiger partial charge in [0.1, 0.15) is 11.9 Å². The van der Waals surface area contributed by atoms with Crippen molar-refractivity contribution in [2.45, 2.75) is 26.9 Å². The van der Waals surface area contributed by atoms with E-state index in [2.05, 4.69) is 4.98 Å². The SMILES string of the molecule is Cc1cnc(N)c(C(O)c2cccc(C)c2C)c1. The van der Waals surface area contributed by atoms with Crippen molar-refractivity contribution >= 4 is 5.82 Å².